The molecule has 2 aromatic rings. The largest absolute Gasteiger partial charge is 0.482 e. The van der Waals surface area contributed by atoms with E-state index in [2.05, 4.69) is 10.1 Å². The van der Waals surface area contributed by atoms with Crippen molar-refractivity contribution in [3.8, 4) is 5.75 Å². The molecule has 0 atom stereocenters. The van der Waals surface area contributed by atoms with Gasteiger partial charge in [0, 0.05) is 12.2 Å². The predicted octanol–water partition coefficient (Wildman–Crippen LogP) is 3.30. The van der Waals surface area contributed by atoms with Crippen molar-refractivity contribution < 1.29 is 18.7 Å². The maximum atomic E-state index is 13.1. The Hall–Kier alpha value is -2.56. The minimum atomic E-state index is -0.425. The summed E-state index contributed by atoms with van der Waals surface area (Å²) in [5.74, 6) is -0.0762. The molecule has 0 aliphatic carbocycles. The SMILES string of the molecule is COC(=O)COc1ccc(NCc2cccc(F)c2)c(C)c1. The minimum absolute atomic E-state index is 0.119. The van der Waals surface area contributed by atoms with Crippen LogP contribution in [0.4, 0.5) is 10.1 Å². The fourth-order valence-corrected chi connectivity index (χ4v) is 1.97. The third-order valence-electron chi connectivity index (χ3n) is 3.15. The lowest BCUT2D eigenvalue weighted by molar-refractivity contribution is -0.142. The molecular formula is C17H18FNO3. The Balaban J connectivity index is 1.96. The van der Waals surface area contributed by atoms with Gasteiger partial charge in [-0.3, -0.25) is 0 Å². The lowest BCUT2D eigenvalue weighted by Gasteiger charge is -2.12. The zero-order valence-electron chi connectivity index (χ0n) is 12.6. The van der Waals surface area contributed by atoms with Crippen molar-refractivity contribution in [1.82, 2.24) is 0 Å². The van der Waals surface area contributed by atoms with Gasteiger partial charge in [-0.05, 0) is 48.4 Å². The first-order chi connectivity index (χ1) is 10.6. The van der Waals surface area contributed by atoms with Crippen LogP contribution >= 0.6 is 0 Å². The highest BCUT2D eigenvalue weighted by atomic mass is 19.1. The molecule has 116 valence electrons. The lowest BCUT2D eigenvalue weighted by atomic mass is 10.1. The Labute approximate surface area is 128 Å². The van der Waals surface area contributed by atoms with Gasteiger partial charge in [-0.1, -0.05) is 12.1 Å². The van der Waals surface area contributed by atoms with E-state index in [4.69, 9.17) is 4.74 Å². The second kappa shape index (κ2) is 7.45. The third kappa shape index (κ3) is 4.48. The summed E-state index contributed by atoms with van der Waals surface area (Å²) >= 11 is 0. The van der Waals surface area contributed by atoms with Gasteiger partial charge in [0.15, 0.2) is 6.61 Å². The van der Waals surface area contributed by atoms with Crippen molar-refractivity contribution in [2.45, 2.75) is 13.5 Å². The van der Waals surface area contributed by atoms with Crippen molar-refractivity contribution in [2.75, 3.05) is 19.0 Å². The number of carbonyl (C=O) groups is 1. The normalized spacial score (nSPS) is 10.1. The van der Waals surface area contributed by atoms with E-state index >= 15 is 0 Å². The van der Waals surface area contributed by atoms with Crippen LogP contribution in [0.5, 0.6) is 5.75 Å². The van der Waals surface area contributed by atoms with Crippen LogP contribution in [0, 0.1) is 12.7 Å². The average Bonchev–Trinajstić information content (AvgIpc) is 2.51. The van der Waals surface area contributed by atoms with Crippen LogP contribution in [-0.4, -0.2) is 19.7 Å². The van der Waals surface area contributed by atoms with Gasteiger partial charge in [0.2, 0.25) is 0 Å². The maximum Gasteiger partial charge on any atom is 0.343 e. The first kappa shape index (κ1) is 15.8. The molecule has 22 heavy (non-hydrogen) atoms. The molecule has 0 saturated carbocycles. The molecule has 0 radical (unpaired) electrons. The number of rotatable bonds is 6. The first-order valence-electron chi connectivity index (χ1n) is 6.87. The summed E-state index contributed by atoms with van der Waals surface area (Å²) in [5, 5.41) is 3.25. The molecule has 4 nitrogen and oxygen atoms in total. The molecule has 0 aliphatic heterocycles. The summed E-state index contributed by atoms with van der Waals surface area (Å²) in [6, 6.07) is 11.9. The van der Waals surface area contributed by atoms with E-state index in [1.807, 2.05) is 25.1 Å². The highest BCUT2D eigenvalue weighted by Gasteiger charge is 2.04. The van der Waals surface area contributed by atoms with Gasteiger partial charge in [-0.15, -0.1) is 0 Å². The van der Waals surface area contributed by atoms with Crippen molar-refractivity contribution in [3.63, 3.8) is 0 Å². The van der Waals surface area contributed by atoms with Gasteiger partial charge in [0.05, 0.1) is 7.11 Å². The molecule has 1 N–H and O–H groups in total. The van der Waals surface area contributed by atoms with Crippen LogP contribution in [0.3, 0.4) is 0 Å². The number of anilines is 1. The van der Waals surface area contributed by atoms with Crippen LogP contribution < -0.4 is 10.1 Å². The van der Waals surface area contributed by atoms with E-state index < -0.39 is 5.97 Å². The Morgan fingerprint density at radius 3 is 2.73 bits per heavy atom. The number of halogens is 1. The summed E-state index contributed by atoms with van der Waals surface area (Å²) in [4.78, 5) is 11.0. The summed E-state index contributed by atoms with van der Waals surface area (Å²) in [5.41, 5.74) is 2.76. The molecular weight excluding hydrogens is 285 g/mol. The number of ether oxygens (including phenoxy) is 2. The molecule has 0 amide bonds. The molecule has 0 aromatic heterocycles. The summed E-state index contributed by atoms with van der Waals surface area (Å²) in [6.07, 6.45) is 0. The Morgan fingerprint density at radius 2 is 2.05 bits per heavy atom. The smallest absolute Gasteiger partial charge is 0.343 e. The first-order valence-corrected chi connectivity index (χ1v) is 6.87. The van der Waals surface area contributed by atoms with Gasteiger partial charge in [-0.2, -0.15) is 0 Å². The molecule has 5 heteroatoms. The van der Waals surface area contributed by atoms with Crippen molar-refractivity contribution in [1.29, 1.82) is 0 Å². The van der Waals surface area contributed by atoms with Crippen LogP contribution in [-0.2, 0) is 16.1 Å². The standard InChI is InChI=1S/C17H18FNO3/c1-12-8-15(22-11-17(20)21-2)6-7-16(12)19-10-13-4-3-5-14(18)9-13/h3-9,19H,10-11H2,1-2H3. The quantitative estimate of drug-likeness (QED) is 0.832. The zero-order chi connectivity index (χ0) is 15.9. The summed E-state index contributed by atoms with van der Waals surface area (Å²) < 4.78 is 23.0. The van der Waals surface area contributed by atoms with Crippen LogP contribution in [0.25, 0.3) is 0 Å². The second-order valence-electron chi connectivity index (χ2n) is 4.83. The monoisotopic (exact) mass is 303 g/mol. The number of carbonyl (C=O) groups excluding carboxylic acids is 1. The topological polar surface area (TPSA) is 47.6 Å². The average molecular weight is 303 g/mol. The van der Waals surface area contributed by atoms with E-state index in [1.165, 1.54) is 19.2 Å². The second-order valence-corrected chi connectivity index (χ2v) is 4.83. The van der Waals surface area contributed by atoms with Crippen molar-refractivity contribution >= 4 is 11.7 Å². The molecule has 0 bridgehead atoms. The number of benzene rings is 2. The van der Waals surface area contributed by atoms with E-state index in [9.17, 15) is 9.18 Å². The number of esters is 1. The van der Waals surface area contributed by atoms with Crippen LogP contribution in [0.1, 0.15) is 11.1 Å². The van der Waals surface area contributed by atoms with Gasteiger partial charge in [0.25, 0.3) is 0 Å². The predicted molar refractivity (Wildman–Crippen MR) is 82.4 cm³/mol. The van der Waals surface area contributed by atoms with Crippen LogP contribution in [0.15, 0.2) is 42.5 Å². The van der Waals surface area contributed by atoms with Gasteiger partial charge in [0.1, 0.15) is 11.6 Å². The molecule has 0 aliphatic rings. The molecule has 0 heterocycles. The van der Waals surface area contributed by atoms with Crippen molar-refractivity contribution in [2.24, 2.45) is 0 Å². The number of methoxy groups -OCH3 is 1. The van der Waals surface area contributed by atoms with E-state index in [-0.39, 0.29) is 12.4 Å². The fourth-order valence-electron chi connectivity index (χ4n) is 1.97. The lowest BCUT2D eigenvalue weighted by Crippen LogP contribution is -2.12. The van der Waals surface area contributed by atoms with Crippen LogP contribution in [0.2, 0.25) is 0 Å². The fraction of sp³-hybridized carbons (Fsp3) is 0.235. The molecule has 2 rings (SSSR count). The molecule has 0 spiro atoms. The Morgan fingerprint density at radius 1 is 1.23 bits per heavy atom. The minimum Gasteiger partial charge on any atom is -0.482 e. The number of nitrogens with one attached hydrogen (secondary N) is 1. The molecule has 0 fully saturated rings. The summed E-state index contributed by atoms with van der Waals surface area (Å²) in [7, 11) is 1.32. The highest BCUT2D eigenvalue weighted by molar-refractivity contribution is 5.71. The van der Waals surface area contributed by atoms with Gasteiger partial charge >= 0.3 is 5.97 Å². The van der Waals surface area contributed by atoms with E-state index in [0.717, 1.165) is 16.8 Å². The Bertz CT molecular complexity index is 658. The molecule has 0 unspecified atom stereocenters. The number of hydrogen-bond acceptors (Lipinski definition) is 4. The molecule has 0 saturated heterocycles. The molecule has 2 aromatic carbocycles. The third-order valence-corrected chi connectivity index (χ3v) is 3.15. The number of aryl methyl sites for hydroxylation is 1. The highest BCUT2D eigenvalue weighted by Crippen LogP contribution is 2.22. The van der Waals surface area contributed by atoms with Crippen molar-refractivity contribution in [3.05, 3.63) is 59.4 Å². The van der Waals surface area contributed by atoms with E-state index in [0.29, 0.717) is 12.3 Å². The maximum absolute atomic E-state index is 13.1. The van der Waals surface area contributed by atoms with Gasteiger partial charge in [-0.25, -0.2) is 9.18 Å². The Kier molecular flexibility index (Phi) is 5.36. The van der Waals surface area contributed by atoms with Gasteiger partial charge < -0.3 is 14.8 Å². The zero-order valence-corrected chi connectivity index (χ0v) is 12.6. The number of hydrogen-bond donors (Lipinski definition) is 1. The summed E-state index contributed by atoms with van der Waals surface area (Å²) in [6.45, 7) is 2.34. The van der Waals surface area contributed by atoms with E-state index in [1.54, 1.807) is 12.1 Å².